The number of ketones is 1. The molecule has 43 heavy (non-hydrogen) atoms. The van der Waals surface area contributed by atoms with Gasteiger partial charge in [0.25, 0.3) is 0 Å². The molecule has 4 rings (SSSR count). The summed E-state index contributed by atoms with van der Waals surface area (Å²) in [5, 5.41) is 7.23. The molecule has 2 saturated heterocycles. The zero-order valence-electron chi connectivity index (χ0n) is 24.8. The number of amides is 4. The highest BCUT2D eigenvalue weighted by Gasteiger charge is 2.69. The molecule has 3 aliphatic rings. The highest BCUT2D eigenvalue weighted by Crippen LogP contribution is 2.65. The summed E-state index contributed by atoms with van der Waals surface area (Å²) in [4.78, 5) is 70.2. The van der Waals surface area contributed by atoms with Crippen LogP contribution in [0.4, 0.5) is 13.2 Å². The molecular weight excluding hydrogens is 571 g/mol. The summed E-state index contributed by atoms with van der Waals surface area (Å²) in [6.07, 6.45) is -3.24. The quantitative estimate of drug-likeness (QED) is 0.345. The minimum absolute atomic E-state index is 0.0142. The standard InChI is InChI=1S/C29H38F3N5O6/c1-14(2)22(36-27(42)29(30,31)32)26(41)37-12-18-21(28(18,4)5)23(37)25(40)35-19(10-16-8-9-33-24(16)39)20(38)13-43-17-7-6-15(3)34-11-17/h6-7,11,14,16,18-19,21-23H,8-10,12-13H2,1-5H3,(H,33,39)(H,35,40)(H,36,42)/t16-,18-,19-,21-,22-,23-/m0/s1. The molecule has 3 N–H and O–H groups in total. The van der Waals surface area contributed by atoms with Gasteiger partial charge in [0.1, 0.15) is 24.4 Å². The molecule has 1 aromatic rings. The number of nitrogens with zero attached hydrogens (tertiary/aromatic N) is 2. The minimum atomic E-state index is -5.18. The zero-order valence-corrected chi connectivity index (χ0v) is 24.8. The van der Waals surface area contributed by atoms with Crippen molar-refractivity contribution in [3.8, 4) is 5.75 Å². The number of likely N-dealkylation sites (tertiary alicyclic amines) is 1. The van der Waals surface area contributed by atoms with Crippen molar-refractivity contribution in [1.82, 2.24) is 25.8 Å². The fraction of sp³-hybridized carbons (Fsp3) is 0.655. The molecule has 14 heteroatoms. The molecule has 2 aliphatic heterocycles. The molecule has 1 aromatic heterocycles. The van der Waals surface area contributed by atoms with Crippen LogP contribution in [0.2, 0.25) is 0 Å². The number of rotatable bonds is 11. The lowest BCUT2D eigenvalue weighted by molar-refractivity contribution is -0.175. The number of pyridine rings is 1. The molecule has 3 fully saturated rings. The van der Waals surface area contributed by atoms with E-state index in [0.717, 1.165) is 5.69 Å². The Morgan fingerprint density at radius 1 is 1.19 bits per heavy atom. The van der Waals surface area contributed by atoms with E-state index in [9.17, 15) is 37.1 Å². The molecule has 6 atom stereocenters. The van der Waals surface area contributed by atoms with Crippen LogP contribution in [-0.4, -0.2) is 83.3 Å². The molecule has 0 aromatic carbocycles. The van der Waals surface area contributed by atoms with E-state index >= 15 is 0 Å². The van der Waals surface area contributed by atoms with E-state index in [0.29, 0.717) is 18.7 Å². The minimum Gasteiger partial charge on any atom is -0.484 e. The highest BCUT2D eigenvalue weighted by atomic mass is 19.4. The first kappa shape index (κ1) is 32.2. The Balaban J connectivity index is 1.54. The van der Waals surface area contributed by atoms with Gasteiger partial charge in [0.15, 0.2) is 5.78 Å². The van der Waals surface area contributed by atoms with Crippen LogP contribution in [0.3, 0.4) is 0 Å². The first-order chi connectivity index (χ1) is 20.0. The van der Waals surface area contributed by atoms with Gasteiger partial charge in [0.2, 0.25) is 17.7 Å². The number of fused-ring (bicyclic) bond motifs is 1. The molecule has 1 aliphatic carbocycles. The number of aromatic nitrogens is 1. The summed E-state index contributed by atoms with van der Waals surface area (Å²) < 4.78 is 44.6. The van der Waals surface area contributed by atoms with Crippen molar-refractivity contribution in [1.29, 1.82) is 0 Å². The van der Waals surface area contributed by atoms with E-state index in [2.05, 4.69) is 15.6 Å². The van der Waals surface area contributed by atoms with Crippen molar-refractivity contribution in [2.45, 2.75) is 71.8 Å². The van der Waals surface area contributed by atoms with Gasteiger partial charge in [-0.25, -0.2) is 0 Å². The van der Waals surface area contributed by atoms with Gasteiger partial charge in [-0.1, -0.05) is 27.7 Å². The van der Waals surface area contributed by atoms with Crippen LogP contribution < -0.4 is 20.7 Å². The summed E-state index contributed by atoms with van der Waals surface area (Å²) in [5.41, 5.74) is 0.430. The highest BCUT2D eigenvalue weighted by molar-refractivity contribution is 5.97. The predicted molar refractivity (Wildman–Crippen MR) is 146 cm³/mol. The lowest BCUT2D eigenvalue weighted by Gasteiger charge is -2.35. The summed E-state index contributed by atoms with van der Waals surface area (Å²) in [6.45, 7) is 8.81. The number of alkyl halides is 3. The van der Waals surface area contributed by atoms with Gasteiger partial charge in [0, 0.05) is 24.7 Å². The molecule has 1 saturated carbocycles. The van der Waals surface area contributed by atoms with E-state index in [-0.39, 0.29) is 36.1 Å². The maximum atomic E-state index is 13.9. The maximum absolute atomic E-state index is 13.9. The Morgan fingerprint density at radius 3 is 2.44 bits per heavy atom. The number of carbonyl (C=O) groups excluding carboxylic acids is 5. The van der Waals surface area contributed by atoms with Gasteiger partial charge in [-0.2, -0.15) is 13.2 Å². The van der Waals surface area contributed by atoms with E-state index in [1.165, 1.54) is 24.9 Å². The Bertz CT molecular complexity index is 1270. The molecule has 0 radical (unpaired) electrons. The average Bonchev–Trinajstić information content (AvgIpc) is 3.27. The fourth-order valence-electron chi connectivity index (χ4n) is 6.21. The Labute approximate surface area is 247 Å². The zero-order chi connectivity index (χ0) is 31.9. The molecule has 4 amide bonds. The summed E-state index contributed by atoms with van der Waals surface area (Å²) >= 11 is 0. The monoisotopic (exact) mass is 609 g/mol. The van der Waals surface area contributed by atoms with Crippen LogP contribution in [0.25, 0.3) is 0 Å². The van der Waals surface area contributed by atoms with Gasteiger partial charge in [-0.05, 0) is 55.1 Å². The lowest BCUT2D eigenvalue weighted by Crippen LogP contribution is -2.59. The average molecular weight is 610 g/mol. The van der Waals surface area contributed by atoms with Crippen molar-refractivity contribution in [2.75, 3.05) is 19.7 Å². The van der Waals surface area contributed by atoms with Crippen molar-refractivity contribution >= 4 is 29.4 Å². The van der Waals surface area contributed by atoms with Gasteiger partial charge >= 0.3 is 12.1 Å². The Hall–Kier alpha value is -3.71. The first-order valence-corrected chi connectivity index (χ1v) is 14.4. The number of hydrogen-bond acceptors (Lipinski definition) is 7. The second-order valence-corrected chi connectivity index (χ2v) is 12.5. The number of halogens is 3. The van der Waals surface area contributed by atoms with Crippen LogP contribution in [0.15, 0.2) is 18.3 Å². The fourth-order valence-corrected chi connectivity index (χ4v) is 6.21. The van der Waals surface area contributed by atoms with Crippen molar-refractivity contribution in [3.63, 3.8) is 0 Å². The van der Waals surface area contributed by atoms with E-state index < -0.39 is 66.2 Å². The van der Waals surface area contributed by atoms with Crippen LogP contribution in [0.1, 0.15) is 46.2 Å². The molecule has 0 unspecified atom stereocenters. The van der Waals surface area contributed by atoms with Gasteiger partial charge in [-0.3, -0.25) is 29.0 Å². The molecule has 11 nitrogen and oxygen atoms in total. The van der Waals surface area contributed by atoms with E-state index in [1.807, 2.05) is 13.8 Å². The third-order valence-corrected chi connectivity index (χ3v) is 8.89. The SMILES string of the molecule is Cc1ccc(OCC(=O)[C@H](C[C@@H]2CCNC2=O)NC(=O)[C@@H]2[C@@H]3[C@H](CN2C(=O)[C@@H](NC(=O)C(F)(F)F)C(C)C)C3(C)C)cn1. The smallest absolute Gasteiger partial charge is 0.471 e. The topological polar surface area (TPSA) is 147 Å². The molecule has 236 valence electrons. The number of Topliss-reactive ketones (excluding diaryl/α,β-unsaturated/α-hetero) is 1. The molecular formula is C29H38F3N5O6. The largest absolute Gasteiger partial charge is 0.484 e. The molecule has 0 spiro atoms. The van der Waals surface area contributed by atoms with Crippen molar-refractivity contribution < 1.29 is 41.9 Å². The normalized spacial score (nSPS) is 25.4. The Kier molecular flexibility index (Phi) is 9.08. The first-order valence-electron chi connectivity index (χ1n) is 14.4. The Morgan fingerprint density at radius 2 is 1.88 bits per heavy atom. The molecule has 3 heterocycles. The van der Waals surface area contributed by atoms with Crippen LogP contribution in [0.5, 0.6) is 5.75 Å². The predicted octanol–water partition coefficient (Wildman–Crippen LogP) is 1.54. The van der Waals surface area contributed by atoms with Crippen LogP contribution >= 0.6 is 0 Å². The summed E-state index contributed by atoms with van der Waals surface area (Å²) in [5.74, 6) is -5.69. The summed E-state index contributed by atoms with van der Waals surface area (Å²) in [6, 6.07) is -0.354. The number of carbonyl (C=O) groups is 5. The lowest BCUT2D eigenvalue weighted by atomic mass is 9.94. The molecule has 0 bridgehead atoms. The third kappa shape index (κ3) is 6.93. The third-order valence-electron chi connectivity index (χ3n) is 8.89. The van der Waals surface area contributed by atoms with Crippen molar-refractivity contribution in [3.05, 3.63) is 24.0 Å². The van der Waals surface area contributed by atoms with Crippen LogP contribution in [0, 0.1) is 36.0 Å². The second-order valence-electron chi connectivity index (χ2n) is 12.5. The number of nitrogens with one attached hydrogen (secondary N) is 3. The number of piperidine rings is 1. The summed E-state index contributed by atoms with van der Waals surface area (Å²) in [7, 11) is 0. The van der Waals surface area contributed by atoms with Gasteiger partial charge in [-0.15, -0.1) is 0 Å². The van der Waals surface area contributed by atoms with Crippen molar-refractivity contribution in [2.24, 2.45) is 29.1 Å². The second kappa shape index (κ2) is 12.1. The van der Waals surface area contributed by atoms with E-state index in [4.69, 9.17) is 4.74 Å². The number of ether oxygens (including phenoxy) is 1. The number of hydrogen-bond donors (Lipinski definition) is 3. The van der Waals surface area contributed by atoms with Gasteiger partial charge in [0.05, 0.1) is 12.2 Å². The maximum Gasteiger partial charge on any atom is 0.471 e. The van der Waals surface area contributed by atoms with Gasteiger partial charge < -0.3 is 25.6 Å². The number of aryl methyl sites for hydroxylation is 1. The van der Waals surface area contributed by atoms with E-state index in [1.54, 1.807) is 24.4 Å². The van der Waals surface area contributed by atoms with Crippen LogP contribution in [-0.2, 0) is 24.0 Å².